The molecule has 0 atom stereocenters. The van der Waals surface area contributed by atoms with Crippen molar-refractivity contribution in [1.29, 1.82) is 0 Å². The van der Waals surface area contributed by atoms with Crippen LogP contribution in [0.5, 0.6) is 0 Å². The van der Waals surface area contributed by atoms with Gasteiger partial charge in [-0.25, -0.2) is 9.79 Å². The van der Waals surface area contributed by atoms with E-state index in [1.54, 1.807) is 11.8 Å². The molecule has 0 saturated carbocycles. The molecule has 0 amide bonds. The summed E-state index contributed by atoms with van der Waals surface area (Å²) in [5.74, 6) is -0.110. The second-order valence-electron chi connectivity index (χ2n) is 7.57. The van der Waals surface area contributed by atoms with Crippen LogP contribution in [0, 0.1) is 0 Å². The van der Waals surface area contributed by atoms with E-state index >= 15 is 0 Å². The monoisotopic (exact) mass is 447 g/mol. The predicted octanol–water partition coefficient (Wildman–Crippen LogP) is 6.56. The molecule has 0 N–H and O–H groups in total. The summed E-state index contributed by atoms with van der Waals surface area (Å²) >= 11 is 1.56. The minimum atomic E-state index is -0.567. The largest absolute Gasteiger partial charge is 0.402 e. The van der Waals surface area contributed by atoms with Crippen LogP contribution in [0.3, 0.4) is 0 Å². The molecule has 0 aliphatic carbocycles. The van der Waals surface area contributed by atoms with Crippen molar-refractivity contribution in [2.75, 3.05) is 0 Å². The highest BCUT2D eigenvalue weighted by molar-refractivity contribution is 8.03. The standard InChI is InChI=1S/C29H21NO2S/c31-28-26(30-27(32-28)22-13-5-1-6-14-22)21-33-29(23-15-7-2-8-16-23,24-17-9-3-10-18-24)25-19-11-4-12-20-25/h1-21H/b26-21-. The summed E-state index contributed by atoms with van der Waals surface area (Å²) in [6, 6.07) is 40.5. The van der Waals surface area contributed by atoms with Gasteiger partial charge in [-0.05, 0) is 28.8 Å². The van der Waals surface area contributed by atoms with Crippen molar-refractivity contribution in [3.05, 3.63) is 155 Å². The van der Waals surface area contributed by atoms with E-state index < -0.39 is 10.7 Å². The van der Waals surface area contributed by atoms with E-state index in [4.69, 9.17) is 4.74 Å². The van der Waals surface area contributed by atoms with Gasteiger partial charge in [-0.1, -0.05) is 109 Å². The third-order valence-corrected chi connectivity index (χ3v) is 6.93. The molecule has 0 fully saturated rings. The Hall–Kier alpha value is -3.89. The molecule has 1 aliphatic rings. The summed E-state index contributed by atoms with van der Waals surface area (Å²) in [5, 5.41) is 1.82. The normalized spacial score (nSPS) is 14.7. The van der Waals surface area contributed by atoms with Gasteiger partial charge >= 0.3 is 5.97 Å². The third kappa shape index (κ3) is 4.13. The van der Waals surface area contributed by atoms with E-state index in [2.05, 4.69) is 41.4 Å². The fraction of sp³-hybridized carbons (Fsp3) is 0.0345. The van der Waals surface area contributed by atoms with Crippen LogP contribution in [-0.2, 0) is 14.3 Å². The maximum atomic E-state index is 12.7. The smallest absolute Gasteiger partial charge is 0.364 e. The first-order chi connectivity index (χ1) is 16.3. The van der Waals surface area contributed by atoms with Gasteiger partial charge in [0.1, 0.15) is 0 Å². The first-order valence-electron chi connectivity index (χ1n) is 10.7. The van der Waals surface area contributed by atoms with E-state index in [9.17, 15) is 4.79 Å². The molecule has 0 saturated heterocycles. The van der Waals surface area contributed by atoms with Crippen molar-refractivity contribution >= 4 is 23.6 Å². The second kappa shape index (κ2) is 9.31. The number of hydrogen-bond donors (Lipinski definition) is 0. The molecule has 33 heavy (non-hydrogen) atoms. The fourth-order valence-corrected chi connectivity index (χ4v) is 5.22. The predicted molar refractivity (Wildman–Crippen MR) is 134 cm³/mol. The van der Waals surface area contributed by atoms with Gasteiger partial charge in [0.05, 0.1) is 4.75 Å². The van der Waals surface area contributed by atoms with Crippen LogP contribution in [0.2, 0.25) is 0 Å². The van der Waals surface area contributed by atoms with Gasteiger partial charge in [0, 0.05) is 11.0 Å². The summed E-state index contributed by atoms with van der Waals surface area (Å²) in [6.07, 6.45) is 0. The van der Waals surface area contributed by atoms with Crippen LogP contribution < -0.4 is 0 Å². The Morgan fingerprint density at radius 2 is 1.06 bits per heavy atom. The maximum Gasteiger partial charge on any atom is 0.364 e. The summed E-state index contributed by atoms with van der Waals surface area (Å²) in [7, 11) is 0. The van der Waals surface area contributed by atoms with Crippen LogP contribution in [0.15, 0.2) is 137 Å². The molecule has 4 heteroatoms. The summed E-state index contributed by atoms with van der Waals surface area (Å²) in [6.45, 7) is 0. The molecule has 0 spiro atoms. The second-order valence-corrected chi connectivity index (χ2v) is 8.66. The highest BCUT2D eigenvalue weighted by Gasteiger charge is 2.37. The van der Waals surface area contributed by atoms with Crippen molar-refractivity contribution in [2.24, 2.45) is 4.99 Å². The zero-order valence-electron chi connectivity index (χ0n) is 17.8. The van der Waals surface area contributed by atoms with Crippen molar-refractivity contribution < 1.29 is 9.53 Å². The first kappa shape index (κ1) is 21.0. The Morgan fingerprint density at radius 1 is 0.636 bits per heavy atom. The topological polar surface area (TPSA) is 38.7 Å². The van der Waals surface area contributed by atoms with Gasteiger partial charge in [-0.15, -0.1) is 11.8 Å². The number of esters is 1. The van der Waals surface area contributed by atoms with Gasteiger partial charge in [0.25, 0.3) is 0 Å². The quantitative estimate of drug-likeness (QED) is 0.191. The third-order valence-electron chi connectivity index (χ3n) is 5.53. The summed E-state index contributed by atoms with van der Waals surface area (Å²) in [5.41, 5.74) is 4.42. The SMILES string of the molecule is O=C1OC(c2ccccc2)=N/C1=C\SC(c1ccccc1)(c1ccccc1)c1ccccc1. The highest BCUT2D eigenvalue weighted by Crippen LogP contribution is 2.49. The number of hydrogen-bond acceptors (Lipinski definition) is 4. The van der Waals surface area contributed by atoms with Crippen LogP contribution in [-0.4, -0.2) is 11.9 Å². The molecule has 5 rings (SSSR count). The van der Waals surface area contributed by atoms with E-state index in [1.807, 2.05) is 90.3 Å². The van der Waals surface area contributed by atoms with Gasteiger partial charge in [0.2, 0.25) is 5.90 Å². The Morgan fingerprint density at radius 3 is 1.52 bits per heavy atom. The number of benzene rings is 4. The molecule has 0 radical (unpaired) electrons. The van der Waals surface area contributed by atoms with Crippen LogP contribution >= 0.6 is 11.8 Å². The number of thioether (sulfide) groups is 1. The number of carbonyl (C=O) groups excluding carboxylic acids is 1. The van der Waals surface area contributed by atoms with E-state index in [1.165, 1.54) is 0 Å². The Balaban J connectivity index is 1.64. The fourth-order valence-electron chi connectivity index (χ4n) is 3.96. The Kier molecular flexibility index (Phi) is 5.92. The number of nitrogens with zero attached hydrogens (tertiary/aromatic N) is 1. The Labute approximate surface area is 197 Å². The van der Waals surface area contributed by atoms with Gasteiger partial charge < -0.3 is 4.74 Å². The number of rotatable bonds is 6. The average Bonchev–Trinajstić information content (AvgIpc) is 3.27. The van der Waals surface area contributed by atoms with E-state index in [0.29, 0.717) is 11.6 Å². The van der Waals surface area contributed by atoms with E-state index in [-0.39, 0.29) is 0 Å². The molecule has 0 bridgehead atoms. The van der Waals surface area contributed by atoms with Gasteiger partial charge in [-0.2, -0.15) is 0 Å². The lowest BCUT2D eigenvalue weighted by Crippen LogP contribution is -2.25. The zero-order chi connectivity index (χ0) is 22.5. The average molecular weight is 448 g/mol. The maximum absolute atomic E-state index is 12.7. The summed E-state index contributed by atoms with van der Waals surface area (Å²) in [4.78, 5) is 17.2. The van der Waals surface area contributed by atoms with Crippen LogP contribution in [0.25, 0.3) is 0 Å². The molecular formula is C29H21NO2S. The molecular weight excluding hydrogens is 426 g/mol. The van der Waals surface area contributed by atoms with Crippen molar-refractivity contribution in [1.82, 2.24) is 0 Å². The van der Waals surface area contributed by atoms with Crippen molar-refractivity contribution in [3.8, 4) is 0 Å². The lowest BCUT2D eigenvalue weighted by molar-refractivity contribution is -0.130. The number of ether oxygens (including phenoxy) is 1. The Bertz CT molecular complexity index is 1200. The molecule has 4 aromatic carbocycles. The van der Waals surface area contributed by atoms with Crippen molar-refractivity contribution in [3.63, 3.8) is 0 Å². The van der Waals surface area contributed by atoms with E-state index in [0.717, 1.165) is 22.3 Å². The number of aliphatic imine (C=N–C) groups is 1. The molecule has 3 nitrogen and oxygen atoms in total. The van der Waals surface area contributed by atoms with Crippen LogP contribution in [0.4, 0.5) is 0 Å². The number of cyclic esters (lactones) is 1. The van der Waals surface area contributed by atoms with Crippen LogP contribution in [0.1, 0.15) is 22.3 Å². The lowest BCUT2D eigenvalue weighted by atomic mass is 9.84. The van der Waals surface area contributed by atoms with Gasteiger partial charge in [-0.3, -0.25) is 0 Å². The van der Waals surface area contributed by atoms with Crippen molar-refractivity contribution in [2.45, 2.75) is 4.75 Å². The minimum Gasteiger partial charge on any atom is -0.402 e. The lowest BCUT2D eigenvalue weighted by Gasteiger charge is -2.34. The molecule has 1 aliphatic heterocycles. The summed E-state index contributed by atoms with van der Waals surface area (Å²) < 4.78 is 4.90. The molecule has 1 heterocycles. The molecule has 0 aromatic heterocycles. The molecule has 160 valence electrons. The molecule has 4 aromatic rings. The first-order valence-corrected chi connectivity index (χ1v) is 11.6. The van der Waals surface area contributed by atoms with Gasteiger partial charge in [0.15, 0.2) is 5.70 Å². The highest BCUT2D eigenvalue weighted by atomic mass is 32.2. The zero-order valence-corrected chi connectivity index (χ0v) is 18.6. The molecule has 0 unspecified atom stereocenters. The number of carbonyl (C=O) groups is 1. The minimum absolute atomic E-state index is 0.297.